The van der Waals surface area contributed by atoms with E-state index in [0.29, 0.717) is 5.92 Å². The topological polar surface area (TPSA) is 62.8 Å². The summed E-state index contributed by atoms with van der Waals surface area (Å²) in [4.78, 5) is 5.55. The van der Waals surface area contributed by atoms with Gasteiger partial charge in [-0.3, -0.25) is 5.41 Å². The lowest BCUT2D eigenvalue weighted by molar-refractivity contribution is 1.05. The molecular formula is C14H15N3S. The van der Waals surface area contributed by atoms with Crippen LogP contribution in [0.5, 0.6) is 0 Å². The molecule has 1 aromatic carbocycles. The Labute approximate surface area is 110 Å². The molecule has 1 saturated carbocycles. The van der Waals surface area contributed by atoms with Gasteiger partial charge in [0.15, 0.2) is 0 Å². The lowest BCUT2D eigenvalue weighted by atomic mass is 10.1. The molecule has 1 aliphatic carbocycles. The third-order valence-electron chi connectivity index (χ3n) is 3.16. The Balaban J connectivity index is 2.04. The van der Waals surface area contributed by atoms with E-state index in [1.165, 1.54) is 29.7 Å². The van der Waals surface area contributed by atoms with Crippen molar-refractivity contribution in [1.82, 2.24) is 4.98 Å². The molecule has 0 bridgehead atoms. The number of nitrogens with one attached hydrogen (secondary N) is 1. The van der Waals surface area contributed by atoms with E-state index in [-0.39, 0.29) is 5.84 Å². The lowest BCUT2D eigenvalue weighted by Gasteiger charge is -1.96. The van der Waals surface area contributed by atoms with Gasteiger partial charge in [-0.05, 0) is 19.8 Å². The maximum absolute atomic E-state index is 7.66. The number of aryl methyl sites for hydroxylation is 1. The van der Waals surface area contributed by atoms with Crippen molar-refractivity contribution in [1.29, 1.82) is 5.41 Å². The van der Waals surface area contributed by atoms with E-state index in [2.05, 4.69) is 31.2 Å². The number of aromatic nitrogens is 1. The summed E-state index contributed by atoms with van der Waals surface area (Å²) in [6.07, 6.45) is 2.36. The predicted molar refractivity (Wildman–Crippen MR) is 75.3 cm³/mol. The molecule has 18 heavy (non-hydrogen) atoms. The number of rotatable bonds is 3. The smallest absolute Gasteiger partial charge is 0.135 e. The first kappa shape index (κ1) is 11.4. The molecule has 0 atom stereocenters. The zero-order valence-electron chi connectivity index (χ0n) is 10.2. The molecule has 0 radical (unpaired) electrons. The first-order valence-electron chi connectivity index (χ1n) is 6.07. The van der Waals surface area contributed by atoms with Gasteiger partial charge in [-0.2, -0.15) is 0 Å². The Hall–Kier alpha value is -1.68. The van der Waals surface area contributed by atoms with Gasteiger partial charge in [-0.25, -0.2) is 4.98 Å². The Kier molecular flexibility index (Phi) is 2.67. The Morgan fingerprint density at radius 3 is 2.56 bits per heavy atom. The zero-order valence-corrected chi connectivity index (χ0v) is 11.1. The van der Waals surface area contributed by atoms with E-state index in [1.807, 2.05) is 0 Å². The van der Waals surface area contributed by atoms with Crippen molar-refractivity contribution in [3.05, 3.63) is 40.4 Å². The highest BCUT2D eigenvalue weighted by Gasteiger charge is 2.30. The number of hydrogen-bond acceptors (Lipinski definition) is 3. The maximum Gasteiger partial charge on any atom is 0.135 e. The fraction of sp³-hybridized carbons (Fsp3) is 0.286. The molecule has 1 heterocycles. The van der Waals surface area contributed by atoms with Gasteiger partial charge in [0.25, 0.3) is 0 Å². The number of nitrogens with two attached hydrogens (primary N) is 1. The maximum atomic E-state index is 7.66. The van der Waals surface area contributed by atoms with Crippen molar-refractivity contribution in [3.63, 3.8) is 0 Å². The van der Waals surface area contributed by atoms with Crippen molar-refractivity contribution in [2.24, 2.45) is 5.73 Å². The van der Waals surface area contributed by atoms with Crippen LogP contribution in [-0.2, 0) is 0 Å². The van der Waals surface area contributed by atoms with Crippen LogP contribution in [0.4, 0.5) is 0 Å². The summed E-state index contributed by atoms with van der Waals surface area (Å²) in [6.45, 7) is 2.07. The van der Waals surface area contributed by atoms with Crippen LogP contribution in [-0.4, -0.2) is 10.8 Å². The molecule has 0 amide bonds. The van der Waals surface area contributed by atoms with E-state index in [1.54, 1.807) is 0 Å². The van der Waals surface area contributed by atoms with Crippen LogP contribution in [0, 0.1) is 12.3 Å². The summed E-state index contributed by atoms with van der Waals surface area (Å²) in [6, 6.07) is 8.32. The van der Waals surface area contributed by atoms with Gasteiger partial charge in [0.05, 0.1) is 10.6 Å². The number of thiazole rings is 1. The highest BCUT2D eigenvalue weighted by Crippen LogP contribution is 2.44. The van der Waals surface area contributed by atoms with E-state index in [4.69, 9.17) is 16.1 Å². The first-order valence-corrected chi connectivity index (χ1v) is 6.89. The average molecular weight is 257 g/mol. The second-order valence-electron chi connectivity index (χ2n) is 4.79. The quantitative estimate of drug-likeness (QED) is 0.654. The molecule has 0 aliphatic heterocycles. The minimum Gasteiger partial charge on any atom is -0.383 e. The summed E-state index contributed by atoms with van der Waals surface area (Å²) >= 11 is 1.53. The predicted octanol–water partition coefficient (Wildman–Crippen LogP) is 3.28. The Bertz CT molecular complexity index is 594. The van der Waals surface area contributed by atoms with Gasteiger partial charge in [0.2, 0.25) is 0 Å². The average Bonchev–Trinajstić information content (AvgIpc) is 3.09. The molecule has 3 rings (SSSR count). The third kappa shape index (κ3) is 2.04. The molecule has 0 saturated heterocycles. The van der Waals surface area contributed by atoms with Gasteiger partial charge in [0, 0.05) is 11.5 Å². The molecule has 92 valence electrons. The molecular weight excluding hydrogens is 242 g/mol. The summed E-state index contributed by atoms with van der Waals surface area (Å²) < 4.78 is 0. The van der Waals surface area contributed by atoms with Crippen molar-refractivity contribution < 1.29 is 0 Å². The van der Waals surface area contributed by atoms with E-state index in [9.17, 15) is 0 Å². The van der Waals surface area contributed by atoms with Crippen LogP contribution in [0.15, 0.2) is 24.3 Å². The van der Waals surface area contributed by atoms with Crippen LogP contribution >= 0.6 is 11.3 Å². The monoisotopic (exact) mass is 257 g/mol. The fourth-order valence-electron chi connectivity index (χ4n) is 1.98. The van der Waals surface area contributed by atoms with Gasteiger partial charge in [0.1, 0.15) is 10.8 Å². The summed E-state index contributed by atoms with van der Waals surface area (Å²) in [5, 5.41) is 8.63. The molecule has 1 aromatic heterocycles. The normalized spacial score (nSPS) is 14.7. The van der Waals surface area contributed by atoms with Crippen LogP contribution < -0.4 is 5.73 Å². The summed E-state index contributed by atoms with van der Waals surface area (Å²) in [7, 11) is 0. The number of benzene rings is 1. The highest BCUT2D eigenvalue weighted by molar-refractivity contribution is 7.17. The van der Waals surface area contributed by atoms with Gasteiger partial charge in [-0.15, -0.1) is 11.3 Å². The minimum absolute atomic E-state index is 0.146. The number of hydrogen-bond donors (Lipinski definition) is 2. The molecule has 0 spiro atoms. The summed E-state index contributed by atoms with van der Waals surface area (Å²) in [5.74, 6) is 0.673. The summed E-state index contributed by atoms with van der Waals surface area (Å²) in [5.41, 5.74) is 9.03. The highest BCUT2D eigenvalue weighted by atomic mass is 32.1. The van der Waals surface area contributed by atoms with E-state index in [0.717, 1.165) is 21.1 Å². The molecule has 4 heteroatoms. The number of nitrogens with zero attached hydrogens (tertiary/aromatic N) is 1. The fourth-order valence-corrected chi connectivity index (χ4v) is 3.00. The molecule has 2 aromatic rings. The van der Waals surface area contributed by atoms with Crippen molar-refractivity contribution >= 4 is 17.2 Å². The van der Waals surface area contributed by atoms with Crippen LogP contribution in [0.3, 0.4) is 0 Å². The van der Waals surface area contributed by atoms with Crippen LogP contribution in [0.25, 0.3) is 10.6 Å². The first-order chi connectivity index (χ1) is 8.65. The number of amidine groups is 1. The number of nitrogen functional groups attached to an aromatic ring is 1. The Morgan fingerprint density at radius 2 is 2.00 bits per heavy atom. The van der Waals surface area contributed by atoms with Crippen molar-refractivity contribution in [2.45, 2.75) is 25.7 Å². The van der Waals surface area contributed by atoms with Gasteiger partial charge < -0.3 is 5.73 Å². The lowest BCUT2D eigenvalue weighted by Crippen LogP contribution is -2.11. The zero-order chi connectivity index (χ0) is 12.7. The molecule has 3 N–H and O–H groups in total. The van der Waals surface area contributed by atoms with Crippen molar-refractivity contribution in [3.8, 4) is 10.6 Å². The van der Waals surface area contributed by atoms with Crippen LogP contribution in [0.2, 0.25) is 0 Å². The third-order valence-corrected chi connectivity index (χ3v) is 4.31. The second kappa shape index (κ2) is 4.21. The van der Waals surface area contributed by atoms with Crippen molar-refractivity contribution in [2.75, 3.05) is 0 Å². The minimum atomic E-state index is 0.146. The molecule has 1 fully saturated rings. The molecule has 0 unspecified atom stereocenters. The largest absolute Gasteiger partial charge is 0.383 e. The van der Waals surface area contributed by atoms with Crippen LogP contribution in [0.1, 0.15) is 34.9 Å². The standard InChI is InChI=1S/C14H15N3S/c1-8-2-4-10(5-3-8)14-17-11(9-6-7-9)12(18-14)13(15)16/h2-5,9H,6-7H2,1H3,(H3,15,16). The molecule has 1 aliphatic rings. The van der Waals surface area contributed by atoms with Gasteiger partial charge >= 0.3 is 0 Å². The van der Waals surface area contributed by atoms with Gasteiger partial charge in [-0.1, -0.05) is 29.8 Å². The van der Waals surface area contributed by atoms with E-state index < -0.39 is 0 Å². The van der Waals surface area contributed by atoms with E-state index >= 15 is 0 Å². The molecule has 3 nitrogen and oxygen atoms in total. The second-order valence-corrected chi connectivity index (χ2v) is 5.79. The Morgan fingerprint density at radius 1 is 1.33 bits per heavy atom. The SMILES string of the molecule is Cc1ccc(-c2nc(C3CC3)c(C(=N)N)s2)cc1.